The van der Waals surface area contributed by atoms with Crippen molar-refractivity contribution in [3.05, 3.63) is 25.9 Å². The normalized spacial score (nSPS) is 7.42. The van der Waals surface area contributed by atoms with E-state index in [0.29, 0.717) is 6.04 Å². The SMILES string of the molecule is CC.CC(C)n1[c-]ccn1.[CH3-].[Y]. The fourth-order valence-corrected chi connectivity index (χ4v) is 0.531. The largest absolute Gasteiger partial charge is 0.374 e. The molecule has 0 aliphatic heterocycles. The summed E-state index contributed by atoms with van der Waals surface area (Å²) in [5.41, 5.74) is 0. The maximum atomic E-state index is 3.98. The average Bonchev–Trinajstić information content (AvgIpc) is 2.42. The van der Waals surface area contributed by atoms with Crippen LogP contribution in [-0.2, 0) is 32.7 Å². The Balaban J connectivity index is -0.000000189. The minimum atomic E-state index is 0. The Morgan fingerprint density at radius 2 is 1.83 bits per heavy atom. The van der Waals surface area contributed by atoms with E-state index in [1.807, 2.05) is 13.8 Å². The minimum Gasteiger partial charge on any atom is -0.374 e. The number of rotatable bonds is 1. The number of hydrogen-bond acceptors (Lipinski definition) is 1. The summed E-state index contributed by atoms with van der Waals surface area (Å²) in [5.74, 6) is 0. The van der Waals surface area contributed by atoms with Crippen LogP contribution in [0.3, 0.4) is 0 Å². The summed E-state index contributed by atoms with van der Waals surface area (Å²) in [5, 5.41) is 3.98. The molecule has 0 bridgehead atoms. The van der Waals surface area contributed by atoms with E-state index >= 15 is 0 Å². The van der Waals surface area contributed by atoms with E-state index in [1.54, 1.807) is 16.9 Å². The van der Waals surface area contributed by atoms with Crippen LogP contribution in [0.15, 0.2) is 12.3 Å². The van der Waals surface area contributed by atoms with Crippen LogP contribution in [0, 0.1) is 13.6 Å². The summed E-state index contributed by atoms with van der Waals surface area (Å²) >= 11 is 0. The van der Waals surface area contributed by atoms with Crippen LogP contribution in [0.1, 0.15) is 33.7 Å². The fourth-order valence-electron chi connectivity index (χ4n) is 0.531. The molecule has 1 aromatic heterocycles. The second-order valence-corrected chi connectivity index (χ2v) is 2.00. The predicted octanol–water partition coefficient (Wildman–Crippen LogP) is 2.74. The Morgan fingerprint density at radius 1 is 1.33 bits per heavy atom. The molecule has 0 fully saturated rings. The summed E-state index contributed by atoms with van der Waals surface area (Å²) in [4.78, 5) is 0. The van der Waals surface area contributed by atoms with Gasteiger partial charge in [-0.25, -0.2) is 0 Å². The zero-order valence-corrected chi connectivity index (χ0v) is 11.5. The smallest absolute Gasteiger partial charge is 0.0245 e. The Bertz CT molecular complexity index is 148. The zero-order valence-electron chi connectivity index (χ0n) is 8.70. The molecule has 69 valence electrons. The van der Waals surface area contributed by atoms with E-state index < -0.39 is 0 Å². The first-order valence-corrected chi connectivity index (χ1v) is 3.72. The number of aromatic nitrogens is 2. The maximum absolute atomic E-state index is 3.98. The Labute approximate surface area is 102 Å². The Kier molecular flexibility index (Phi) is 17.1. The predicted molar refractivity (Wildman–Crippen MR) is 49.2 cm³/mol. The van der Waals surface area contributed by atoms with Crippen LogP contribution in [0.4, 0.5) is 0 Å². The fraction of sp³-hybridized carbons (Fsp3) is 0.556. The van der Waals surface area contributed by atoms with Gasteiger partial charge in [0.15, 0.2) is 0 Å². The van der Waals surface area contributed by atoms with Crippen LogP contribution in [0.5, 0.6) is 0 Å². The van der Waals surface area contributed by atoms with Gasteiger partial charge in [0, 0.05) is 38.8 Å². The zero-order chi connectivity index (χ0) is 7.98. The van der Waals surface area contributed by atoms with Crippen molar-refractivity contribution < 1.29 is 32.7 Å². The molecule has 12 heavy (non-hydrogen) atoms. The Hall–Kier alpha value is 0.314. The van der Waals surface area contributed by atoms with Crippen LogP contribution in [0.25, 0.3) is 0 Å². The standard InChI is InChI=1S/C6H9N2.C2H6.CH3.Y/c1-6(2)8-5-3-4-7-8;1-2;;/h3-4,6H,1-2H3;1-2H3;1H3;/q-1;;-1;. The van der Waals surface area contributed by atoms with E-state index in [2.05, 4.69) is 25.1 Å². The van der Waals surface area contributed by atoms with Gasteiger partial charge in [0.25, 0.3) is 0 Å². The van der Waals surface area contributed by atoms with E-state index in [-0.39, 0.29) is 40.1 Å². The molecular weight excluding hydrogens is 225 g/mol. The van der Waals surface area contributed by atoms with Crippen LogP contribution in [0.2, 0.25) is 0 Å². The molecule has 3 heteroatoms. The molecule has 0 atom stereocenters. The molecule has 0 aromatic carbocycles. The van der Waals surface area contributed by atoms with Gasteiger partial charge in [0.2, 0.25) is 0 Å². The second-order valence-electron chi connectivity index (χ2n) is 2.00. The summed E-state index contributed by atoms with van der Waals surface area (Å²) in [6.07, 6.45) is 4.68. The molecule has 0 aliphatic carbocycles. The van der Waals surface area contributed by atoms with Gasteiger partial charge < -0.3 is 12.1 Å². The first kappa shape index (κ1) is 18.2. The van der Waals surface area contributed by atoms with Crippen LogP contribution >= 0.6 is 0 Å². The molecule has 0 spiro atoms. The van der Waals surface area contributed by atoms with E-state index in [4.69, 9.17) is 0 Å². The third kappa shape index (κ3) is 6.99. The third-order valence-corrected chi connectivity index (χ3v) is 0.962. The topological polar surface area (TPSA) is 17.8 Å². The van der Waals surface area contributed by atoms with E-state index in [9.17, 15) is 0 Å². The minimum absolute atomic E-state index is 0. The van der Waals surface area contributed by atoms with E-state index in [1.165, 1.54) is 0 Å². The van der Waals surface area contributed by atoms with Crippen molar-refractivity contribution >= 4 is 0 Å². The molecule has 0 amide bonds. The van der Waals surface area contributed by atoms with Crippen molar-refractivity contribution in [2.75, 3.05) is 0 Å². The van der Waals surface area contributed by atoms with Crippen molar-refractivity contribution in [3.63, 3.8) is 0 Å². The molecule has 1 radical (unpaired) electrons. The third-order valence-electron chi connectivity index (χ3n) is 0.962. The van der Waals surface area contributed by atoms with Gasteiger partial charge in [-0.1, -0.05) is 13.8 Å². The first-order chi connectivity index (χ1) is 4.80. The van der Waals surface area contributed by atoms with Crippen molar-refractivity contribution in [1.29, 1.82) is 0 Å². The Morgan fingerprint density at radius 3 is 2.00 bits per heavy atom. The maximum Gasteiger partial charge on any atom is 0.0245 e. The molecule has 0 saturated heterocycles. The van der Waals surface area contributed by atoms with Crippen LogP contribution in [-0.4, -0.2) is 9.78 Å². The van der Waals surface area contributed by atoms with E-state index in [0.717, 1.165) is 0 Å². The molecule has 1 aromatic rings. The molecule has 0 unspecified atom stereocenters. The molecule has 0 saturated carbocycles. The van der Waals surface area contributed by atoms with Crippen LogP contribution < -0.4 is 0 Å². The quantitative estimate of drug-likeness (QED) is 0.693. The molecule has 1 heterocycles. The summed E-state index contributed by atoms with van der Waals surface area (Å²) < 4.78 is 1.79. The van der Waals surface area contributed by atoms with Crippen molar-refractivity contribution in [1.82, 2.24) is 9.78 Å². The second kappa shape index (κ2) is 11.3. The molecular formula is C9H18N2Y-2. The number of hydrogen-bond donors (Lipinski definition) is 0. The van der Waals surface area contributed by atoms with Gasteiger partial charge >= 0.3 is 0 Å². The monoisotopic (exact) mass is 243 g/mol. The summed E-state index contributed by atoms with van der Waals surface area (Å²) in [7, 11) is 0. The molecule has 1 rings (SSSR count). The van der Waals surface area contributed by atoms with Gasteiger partial charge in [-0.05, 0) is 13.8 Å². The summed E-state index contributed by atoms with van der Waals surface area (Å²) in [6, 6.07) is 2.24. The molecule has 0 N–H and O–H groups in total. The summed E-state index contributed by atoms with van der Waals surface area (Å²) in [6.45, 7) is 8.15. The van der Waals surface area contributed by atoms with Crippen molar-refractivity contribution in [2.24, 2.45) is 0 Å². The van der Waals surface area contributed by atoms with Crippen molar-refractivity contribution in [2.45, 2.75) is 33.7 Å². The number of nitrogens with zero attached hydrogens (tertiary/aromatic N) is 2. The molecule has 0 aliphatic rings. The van der Waals surface area contributed by atoms with Crippen molar-refractivity contribution in [3.8, 4) is 0 Å². The molecule has 2 nitrogen and oxygen atoms in total. The first-order valence-electron chi connectivity index (χ1n) is 3.72. The van der Waals surface area contributed by atoms with Gasteiger partial charge in [0.05, 0.1) is 0 Å². The van der Waals surface area contributed by atoms with Gasteiger partial charge in [-0.3, -0.25) is 5.10 Å². The average molecular weight is 243 g/mol. The van der Waals surface area contributed by atoms with Gasteiger partial charge in [-0.15, -0.1) is 12.4 Å². The van der Waals surface area contributed by atoms with Gasteiger partial charge in [-0.2, -0.15) is 6.07 Å². The van der Waals surface area contributed by atoms with Gasteiger partial charge in [0.1, 0.15) is 0 Å².